The van der Waals surface area contributed by atoms with E-state index in [2.05, 4.69) is 47.7 Å². The number of thiazole rings is 1. The van der Waals surface area contributed by atoms with Crippen molar-refractivity contribution in [3.8, 4) is 11.4 Å². The number of hydrogen-bond donors (Lipinski definition) is 1. The van der Waals surface area contributed by atoms with Crippen molar-refractivity contribution < 1.29 is 5.11 Å². The van der Waals surface area contributed by atoms with Crippen molar-refractivity contribution in [2.75, 3.05) is 18.0 Å². The van der Waals surface area contributed by atoms with Gasteiger partial charge < -0.3 is 10.0 Å². The molecule has 4 heterocycles. The van der Waals surface area contributed by atoms with E-state index in [1.807, 2.05) is 12.4 Å². The van der Waals surface area contributed by atoms with Gasteiger partial charge in [-0.15, -0.1) is 28.0 Å². The van der Waals surface area contributed by atoms with Crippen LogP contribution in [-0.2, 0) is 12.3 Å². The summed E-state index contributed by atoms with van der Waals surface area (Å²) in [7, 11) is 0. The van der Waals surface area contributed by atoms with Gasteiger partial charge in [0.05, 0.1) is 22.3 Å². The SMILES string of the molecule is CCc1cnc(N2CCC(c3nc(CCl)cs3)CC2)nc1.Oc1ccc(-n2cnnn2)cc1. The molecule has 0 radical (unpaired) electrons. The Labute approximate surface area is 201 Å². The number of phenols is 1. The van der Waals surface area contributed by atoms with Gasteiger partial charge in [0.2, 0.25) is 5.95 Å². The Morgan fingerprint density at radius 1 is 1.12 bits per heavy atom. The monoisotopic (exact) mass is 484 g/mol. The number of aromatic nitrogens is 7. The van der Waals surface area contributed by atoms with Crippen molar-refractivity contribution in [3.05, 3.63) is 64.6 Å². The predicted octanol–water partition coefficient (Wildman–Crippen LogP) is 3.99. The summed E-state index contributed by atoms with van der Waals surface area (Å²) in [6.07, 6.45) is 8.55. The molecule has 0 saturated carbocycles. The van der Waals surface area contributed by atoms with E-state index < -0.39 is 0 Å². The van der Waals surface area contributed by atoms with Crippen molar-refractivity contribution in [2.24, 2.45) is 0 Å². The first-order chi connectivity index (χ1) is 16.2. The first-order valence-corrected chi connectivity index (χ1v) is 12.2. The van der Waals surface area contributed by atoms with Crippen LogP contribution in [0.4, 0.5) is 5.95 Å². The smallest absolute Gasteiger partial charge is 0.225 e. The van der Waals surface area contributed by atoms with Gasteiger partial charge in [-0.3, -0.25) is 0 Å². The lowest BCUT2D eigenvalue weighted by molar-refractivity contribution is 0.475. The molecule has 1 fully saturated rings. The van der Waals surface area contributed by atoms with Crippen LogP contribution in [0.25, 0.3) is 5.69 Å². The summed E-state index contributed by atoms with van der Waals surface area (Å²) in [4.78, 5) is 15.8. The molecule has 0 amide bonds. The summed E-state index contributed by atoms with van der Waals surface area (Å²) < 4.78 is 1.51. The Bertz CT molecular complexity index is 1110. The van der Waals surface area contributed by atoms with Crippen molar-refractivity contribution in [3.63, 3.8) is 0 Å². The molecule has 1 aliphatic rings. The molecule has 0 atom stereocenters. The second kappa shape index (κ2) is 11.2. The zero-order chi connectivity index (χ0) is 23.0. The molecular weight excluding hydrogens is 460 g/mol. The number of nitrogens with zero attached hydrogens (tertiary/aromatic N) is 8. The van der Waals surface area contributed by atoms with Crippen LogP contribution in [0, 0.1) is 0 Å². The molecule has 0 aliphatic carbocycles. The van der Waals surface area contributed by atoms with Crippen molar-refractivity contribution in [1.82, 2.24) is 35.2 Å². The van der Waals surface area contributed by atoms with E-state index in [4.69, 9.17) is 16.7 Å². The number of phenolic OH excluding ortho intramolecular Hbond substituents is 1. The molecule has 1 aromatic carbocycles. The first-order valence-electron chi connectivity index (χ1n) is 10.7. The zero-order valence-corrected chi connectivity index (χ0v) is 19.8. The van der Waals surface area contributed by atoms with Crippen molar-refractivity contribution >= 4 is 28.9 Å². The highest BCUT2D eigenvalue weighted by Gasteiger charge is 2.24. The van der Waals surface area contributed by atoms with Gasteiger partial charge in [-0.1, -0.05) is 6.92 Å². The molecule has 0 unspecified atom stereocenters. The molecule has 1 saturated heterocycles. The maximum absolute atomic E-state index is 8.99. The van der Waals surface area contributed by atoms with E-state index in [0.717, 1.165) is 49.7 Å². The highest BCUT2D eigenvalue weighted by Crippen LogP contribution is 2.31. The number of hydrogen-bond acceptors (Lipinski definition) is 9. The van der Waals surface area contributed by atoms with Crippen LogP contribution in [0.15, 0.2) is 48.4 Å². The summed E-state index contributed by atoms with van der Waals surface area (Å²) in [5.74, 6) is 2.14. The molecule has 33 heavy (non-hydrogen) atoms. The topological polar surface area (TPSA) is 106 Å². The van der Waals surface area contributed by atoms with Crippen LogP contribution < -0.4 is 4.90 Å². The molecule has 4 aromatic rings. The fourth-order valence-corrected chi connectivity index (χ4v) is 4.70. The number of tetrazole rings is 1. The van der Waals surface area contributed by atoms with E-state index in [-0.39, 0.29) is 5.75 Å². The number of aromatic hydroxyl groups is 1. The number of anilines is 1. The van der Waals surface area contributed by atoms with Gasteiger partial charge in [-0.25, -0.2) is 19.6 Å². The molecule has 9 nitrogen and oxygen atoms in total. The molecule has 172 valence electrons. The average Bonchev–Trinajstić information content (AvgIpc) is 3.58. The molecule has 0 bridgehead atoms. The van der Waals surface area contributed by atoms with Crippen LogP contribution in [0.3, 0.4) is 0 Å². The third kappa shape index (κ3) is 6.02. The van der Waals surface area contributed by atoms with Gasteiger partial charge in [0.1, 0.15) is 12.1 Å². The summed E-state index contributed by atoms with van der Waals surface area (Å²) in [6.45, 7) is 4.10. The van der Waals surface area contributed by atoms with E-state index in [9.17, 15) is 0 Å². The summed E-state index contributed by atoms with van der Waals surface area (Å²) >= 11 is 7.56. The number of benzene rings is 1. The lowest BCUT2D eigenvalue weighted by Crippen LogP contribution is -2.34. The highest BCUT2D eigenvalue weighted by molar-refractivity contribution is 7.09. The maximum atomic E-state index is 8.99. The quantitative estimate of drug-likeness (QED) is 0.424. The minimum absolute atomic E-state index is 0.229. The van der Waals surface area contributed by atoms with E-state index in [1.165, 1.54) is 21.6 Å². The van der Waals surface area contributed by atoms with Crippen LogP contribution in [0.5, 0.6) is 5.75 Å². The van der Waals surface area contributed by atoms with Gasteiger partial charge in [-0.05, 0) is 59.5 Å². The molecule has 1 aliphatic heterocycles. The Balaban J connectivity index is 0.000000183. The van der Waals surface area contributed by atoms with Gasteiger partial charge >= 0.3 is 0 Å². The minimum Gasteiger partial charge on any atom is -0.508 e. The summed E-state index contributed by atoms with van der Waals surface area (Å²) in [5, 5.41) is 23.0. The fourth-order valence-electron chi connectivity index (χ4n) is 3.48. The van der Waals surface area contributed by atoms with Gasteiger partial charge in [0.25, 0.3) is 0 Å². The normalized spacial score (nSPS) is 14.1. The number of piperidine rings is 1. The second-order valence-electron chi connectivity index (χ2n) is 7.59. The first kappa shape index (κ1) is 23.1. The van der Waals surface area contributed by atoms with Gasteiger partial charge in [-0.2, -0.15) is 0 Å². The zero-order valence-electron chi connectivity index (χ0n) is 18.2. The highest BCUT2D eigenvalue weighted by atomic mass is 35.5. The number of alkyl halides is 1. The van der Waals surface area contributed by atoms with Gasteiger partial charge in [0.15, 0.2) is 0 Å². The third-order valence-corrected chi connectivity index (χ3v) is 6.73. The maximum Gasteiger partial charge on any atom is 0.225 e. The van der Waals surface area contributed by atoms with Crippen LogP contribution in [0.2, 0.25) is 0 Å². The Kier molecular flexibility index (Phi) is 7.79. The lowest BCUT2D eigenvalue weighted by Gasteiger charge is -2.31. The molecule has 1 N–H and O–H groups in total. The van der Waals surface area contributed by atoms with E-state index >= 15 is 0 Å². The summed E-state index contributed by atoms with van der Waals surface area (Å²) in [5.41, 5.74) is 3.00. The Hall–Kier alpha value is -3.11. The third-order valence-electron chi connectivity index (χ3n) is 5.40. The van der Waals surface area contributed by atoms with Crippen molar-refractivity contribution in [1.29, 1.82) is 0 Å². The molecule has 3 aromatic heterocycles. The van der Waals surface area contributed by atoms with Crippen LogP contribution in [-0.4, -0.2) is 53.4 Å². The van der Waals surface area contributed by atoms with E-state index in [0.29, 0.717) is 11.8 Å². The van der Waals surface area contributed by atoms with Crippen LogP contribution in [0.1, 0.15) is 41.9 Å². The number of aryl methyl sites for hydroxylation is 1. The fraction of sp³-hybridized carbons (Fsp3) is 0.364. The van der Waals surface area contributed by atoms with E-state index in [1.54, 1.807) is 35.6 Å². The standard InChI is InChI=1S/C15H19ClN4S.C7H6N4O/c1-2-11-8-17-15(18-9-11)20-5-3-12(4-6-20)14-19-13(7-16)10-21-14;12-7-3-1-6(2-4-7)11-5-8-9-10-11/h8-10,12H,2-7H2,1H3;1-5,12H. The predicted molar refractivity (Wildman–Crippen MR) is 128 cm³/mol. The molecule has 0 spiro atoms. The number of halogens is 1. The summed E-state index contributed by atoms with van der Waals surface area (Å²) in [6, 6.07) is 6.62. The largest absolute Gasteiger partial charge is 0.508 e. The molecule has 5 rings (SSSR count). The second-order valence-corrected chi connectivity index (χ2v) is 8.74. The minimum atomic E-state index is 0.229. The molecule has 11 heteroatoms. The van der Waals surface area contributed by atoms with Crippen LogP contribution >= 0.6 is 22.9 Å². The lowest BCUT2D eigenvalue weighted by atomic mass is 9.98. The van der Waals surface area contributed by atoms with Crippen molar-refractivity contribution in [2.45, 2.75) is 38.0 Å². The Morgan fingerprint density at radius 2 is 1.85 bits per heavy atom. The molecular formula is C22H25ClN8OS. The number of rotatable bonds is 5. The average molecular weight is 485 g/mol. The Morgan fingerprint density at radius 3 is 2.42 bits per heavy atom. The van der Waals surface area contributed by atoms with Gasteiger partial charge in [0, 0.05) is 36.8 Å².